The largest absolute Gasteiger partial charge is 0.508 e. The Morgan fingerprint density at radius 1 is 0.800 bits per heavy atom. The first-order chi connectivity index (χ1) is 14.6. The van der Waals surface area contributed by atoms with Crippen molar-refractivity contribution in [3.05, 3.63) is 90.6 Å². The van der Waals surface area contributed by atoms with Gasteiger partial charge in [-0.3, -0.25) is 4.79 Å². The van der Waals surface area contributed by atoms with Crippen LogP contribution < -0.4 is 5.32 Å². The van der Waals surface area contributed by atoms with Crippen LogP contribution in [0.1, 0.15) is 5.56 Å². The normalized spacial score (nSPS) is 10.5. The van der Waals surface area contributed by atoms with Gasteiger partial charge >= 0.3 is 0 Å². The Kier molecular flexibility index (Phi) is 5.39. The number of carbonyl (C=O) groups excluding carboxylic acids is 1. The van der Waals surface area contributed by atoms with Crippen molar-refractivity contribution < 1.29 is 15.0 Å². The van der Waals surface area contributed by atoms with E-state index in [-0.39, 0.29) is 23.8 Å². The van der Waals surface area contributed by atoms with Crippen LogP contribution in [-0.4, -0.2) is 26.1 Å². The minimum atomic E-state index is -0.201. The van der Waals surface area contributed by atoms with Crippen molar-refractivity contribution in [3.63, 3.8) is 0 Å². The Morgan fingerprint density at radius 2 is 1.40 bits per heavy atom. The van der Waals surface area contributed by atoms with Gasteiger partial charge in [0, 0.05) is 11.1 Å². The molecule has 0 unspecified atom stereocenters. The molecule has 0 saturated carbocycles. The summed E-state index contributed by atoms with van der Waals surface area (Å²) in [4.78, 5) is 21.7. The third-order valence-electron chi connectivity index (χ3n) is 4.54. The molecule has 3 aromatic carbocycles. The summed E-state index contributed by atoms with van der Waals surface area (Å²) in [5.74, 6) is 0.434. The van der Waals surface area contributed by atoms with Crippen LogP contribution in [0.5, 0.6) is 11.5 Å². The van der Waals surface area contributed by atoms with Gasteiger partial charge in [0.2, 0.25) is 5.91 Å². The van der Waals surface area contributed by atoms with Gasteiger partial charge in [0.1, 0.15) is 17.2 Å². The molecular weight excluding hydrogens is 378 g/mol. The van der Waals surface area contributed by atoms with Crippen molar-refractivity contribution in [3.8, 4) is 34.0 Å². The van der Waals surface area contributed by atoms with Crippen LogP contribution in [0.2, 0.25) is 0 Å². The lowest BCUT2D eigenvalue weighted by molar-refractivity contribution is -0.115. The van der Waals surface area contributed by atoms with Gasteiger partial charge in [0.05, 0.1) is 18.3 Å². The van der Waals surface area contributed by atoms with Crippen molar-refractivity contribution in [2.75, 3.05) is 5.32 Å². The van der Waals surface area contributed by atoms with E-state index < -0.39 is 0 Å². The van der Waals surface area contributed by atoms with Crippen molar-refractivity contribution in [1.29, 1.82) is 0 Å². The summed E-state index contributed by atoms with van der Waals surface area (Å²) in [6.07, 6.45) is 1.80. The number of amides is 1. The van der Waals surface area contributed by atoms with Crippen molar-refractivity contribution in [2.24, 2.45) is 0 Å². The second kappa shape index (κ2) is 8.45. The number of carbonyl (C=O) groups is 1. The Hall–Kier alpha value is -4.19. The highest BCUT2D eigenvalue weighted by molar-refractivity contribution is 5.94. The van der Waals surface area contributed by atoms with Crippen molar-refractivity contribution in [2.45, 2.75) is 6.42 Å². The monoisotopic (exact) mass is 397 g/mol. The van der Waals surface area contributed by atoms with Crippen molar-refractivity contribution >= 4 is 11.7 Å². The molecule has 30 heavy (non-hydrogen) atoms. The predicted molar refractivity (Wildman–Crippen MR) is 115 cm³/mol. The summed E-state index contributed by atoms with van der Waals surface area (Å²) in [7, 11) is 0. The van der Waals surface area contributed by atoms with Crippen LogP contribution in [0.15, 0.2) is 85.1 Å². The van der Waals surface area contributed by atoms with Gasteiger partial charge in [-0.05, 0) is 54.1 Å². The molecule has 1 aromatic heterocycles. The summed E-state index contributed by atoms with van der Waals surface area (Å²) in [6.45, 7) is 0. The fourth-order valence-electron chi connectivity index (χ4n) is 3.03. The lowest BCUT2D eigenvalue weighted by atomic mass is 10.1. The summed E-state index contributed by atoms with van der Waals surface area (Å²) < 4.78 is 0. The molecule has 148 valence electrons. The fourth-order valence-corrected chi connectivity index (χ4v) is 3.03. The maximum absolute atomic E-state index is 12.6. The zero-order valence-corrected chi connectivity index (χ0v) is 16.0. The molecule has 0 atom stereocenters. The van der Waals surface area contributed by atoms with E-state index in [1.807, 2.05) is 30.3 Å². The highest BCUT2D eigenvalue weighted by Crippen LogP contribution is 2.29. The van der Waals surface area contributed by atoms with E-state index >= 15 is 0 Å². The second-order valence-corrected chi connectivity index (χ2v) is 6.76. The molecule has 6 nitrogen and oxygen atoms in total. The molecule has 4 aromatic rings. The fraction of sp³-hybridized carbons (Fsp3) is 0.0417. The second-order valence-electron chi connectivity index (χ2n) is 6.76. The topological polar surface area (TPSA) is 95.3 Å². The van der Waals surface area contributed by atoms with Crippen LogP contribution in [0.4, 0.5) is 5.82 Å². The van der Waals surface area contributed by atoms with Gasteiger partial charge in [0.25, 0.3) is 0 Å². The maximum Gasteiger partial charge on any atom is 0.230 e. The molecule has 0 bridgehead atoms. The van der Waals surface area contributed by atoms with E-state index in [2.05, 4.69) is 10.3 Å². The van der Waals surface area contributed by atoms with Gasteiger partial charge in [-0.1, -0.05) is 30.3 Å². The van der Waals surface area contributed by atoms with Crippen molar-refractivity contribution in [1.82, 2.24) is 9.97 Å². The number of aromatic hydroxyl groups is 2. The van der Waals surface area contributed by atoms with Crippen LogP contribution >= 0.6 is 0 Å². The minimum absolute atomic E-state index is 0.135. The SMILES string of the molecule is O=C(Cc1ccccc1)Nc1ncc(-c2ccc(O)cc2)nc1-c1ccc(O)cc1. The molecule has 3 N–H and O–H groups in total. The number of aromatic nitrogens is 2. The zero-order valence-electron chi connectivity index (χ0n) is 16.0. The first-order valence-corrected chi connectivity index (χ1v) is 9.38. The molecule has 4 rings (SSSR count). The third kappa shape index (κ3) is 4.44. The Labute approximate surface area is 173 Å². The molecular formula is C24H19N3O3. The van der Waals surface area contributed by atoms with E-state index in [1.54, 1.807) is 54.7 Å². The highest BCUT2D eigenvalue weighted by atomic mass is 16.3. The molecule has 0 spiro atoms. The number of benzene rings is 3. The quantitative estimate of drug-likeness (QED) is 0.464. The number of phenols is 2. The summed E-state index contributed by atoms with van der Waals surface area (Å²) >= 11 is 0. The molecule has 0 saturated heterocycles. The van der Waals surface area contributed by atoms with Gasteiger partial charge in [-0.2, -0.15) is 0 Å². The average molecular weight is 397 g/mol. The Morgan fingerprint density at radius 3 is 2.03 bits per heavy atom. The van der Waals surface area contributed by atoms with Gasteiger partial charge in [-0.15, -0.1) is 0 Å². The molecule has 6 heteroatoms. The van der Waals surface area contributed by atoms with E-state index in [4.69, 9.17) is 4.98 Å². The van der Waals surface area contributed by atoms with Gasteiger partial charge in [-0.25, -0.2) is 9.97 Å². The number of anilines is 1. The van der Waals surface area contributed by atoms with Gasteiger partial charge < -0.3 is 15.5 Å². The molecule has 1 heterocycles. The van der Waals surface area contributed by atoms with Crippen LogP contribution in [-0.2, 0) is 11.2 Å². The summed E-state index contributed by atoms with van der Waals surface area (Å²) in [5, 5.41) is 22.0. The maximum atomic E-state index is 12.6. The molecule has 0 aliphatic carbocycles. The first kappa shape index (κ1) is 19.1. The average Bonchev–Trinajstić information content (AvgIpc) is 2.76. The third-order valence-corrected chi connectivity index (χ3v) is 4.54. The lowest BCUT2D eigenvalue weighted by Gasteiger charge is -2.12. The Bertz CT molecular complexity index is 1160. The van der Waals surface area contributed by atoms with Crippen LogP contribution in [0, 0.1) is 0 Å². The Balaban J connectivity index is 1.69. The molecule has 1 amide bonds. The molecule has 0 fully saturated rings. The molecule has 0 aliphatic rings. The zero-order chi connectivity index (χ0) is 20.9. The number of hydrogen-bond donors (Lipinski definition) is 3. The number of nitrogens with zero attached hydrogens (tertiary/aromatic N) is 2. The number of nitrogens with one attached hydrogen (secondary N) is 1. The minimum Gasteiger partial charge on any atom is -0.508 e. The van der Waals surface area contributed by atoms with Crippen LogP contribution in [0.25, 0.3) is 22.5 Å². The summed E-state index contributed by atoms with van der Waals surface area (Å²) in [5.41, 5.74) is 3.47. The summed E-state index contributed by atoms with van der Waals surface area (Å²) in [6, 6.07) is 22.6. The molecule has 0 aliphatic heterocycles. The van der Waals surface area contributed by atoms with E-state index in [1.165, 1.54) is 0 Å². The van der Waals surface area contributed by atoms with E-state index in [0.717, 1.165) is 11.1 Å². The number of rotatable bonds is 5. The predicted octanol–water partition coefficient (Wildman–Crippen LogP) is 4.40. The van der Waals surface area contributed by atoms with E-state index in [9.17, 15) is 15.0 Å². The molecule has 0 radical (unpaired) electrons. The smallest absolute Gasteiger partial charge is 0.230 e. The van der Waals surface area contributed by atoms with Crippen LogP contribution in [0.3, 0.4) is 0 Å². The lowest BCUT2D eigenvalue weighted by Crippen LogP contribution is -2.16. The van der Waals surface area contributed by atoms with E-state index in [0.29, 0.717) is 22.8 Å². The van der Waals surface area contributed by atoms with Gasteiger partial charge in [0.15, 0.2) is 5.82 Å². The standard InChI is InChI=1S/C24H19N3O3/c28-19-10-6-17(7-11-19)21-15-25-24(23(26-21)18-8-12-20(29)13-9-18)27-22(30)14-16-4-2-1-3-5-16/h1-13,15,28-29H,14H2,(H,25,27,30). The first-order valence-electron chi connectivity index (χ1n) is 9.38. The number of hydrogen-bond acceptors (Lipinski definition) is 5. The number of phenolic OH excluding ortho intramolecular Hbond substituents is 2. The highest BCUT2D eigenvalue weighted by Gasteiger charge is 2.14.